The Bertz CT molecular complexity index is 1040. The van der Waals surface area contributed by atoms with E-state index in [1.54, 1.807) is 6.07 Å². The van der Waals surface area contributed by atoms with E-state index in [1.165, 1.54) is 16.5 Å². The zero-order chi connectivity index (χ0) is 20.3. The molecule has 1 unspecified atom stereocenters. The van der Waals surface area contributed by atoms with Crippen LogP contribution in [0.25, 0.3) is 10.9 Å². The van der Waals surface area contributed by atoms with Gasteiger partial charge in [-0.2, -0.15) is 0 Å². The minimum absolute atomic E-state index is 0.0501. The number of hydrogen-bond acceptors (Lipinski definition) is 3. The second-order valence-corrected chi connectivity index (χ2v) is 7.78. The van der Waals surface area contributed by atoms with E-state index >= 15 is 0 Å². The number of carbonyl (C=O) groups is 1. The number of nitrogens with zero attached hydrogens (tertiary/aromatic N) is 2. The summed E-state index contributed by atoms with van der Waals surface area (Å²) < 4.78 is 1.36. The van der Waals surface area contributed by atoms with E-state index < -0.39 is 0 Å². The van der Waals surface area contributed by atoms with Crippen LogP contribution in [0.5, 0.6) is 0 Å². The van der Waals surface area contributed by atoms with Crippen molar-refractivity contribution < 1.29 is 4.79 Å². The van der Waals surface area contributed by atoms with E-state index in [0.29, 0.717) is 16.8 Å². The van der Waals surface area contributed by atoms with Gasteiger partial charge in [0.15, 0.2) is 0 Å². The first-order valence-electron chi connectivity index (χ1n) is 9.68. The van der Waals surface area contributed by atoms with Gasteiger partial charge >= 0.3 is 0 Å². The van der Waals surface area contributed by atoms with Gasteiger partial charge in [0.2, 0.25) is 5.91 Å². The summed E-state index contributed by atoms with van der Waals surface area (Å²) in [5, 5.41) is 3.50. The molecule has 0 aliphatic heterocycles. The van der Waals surface area contributed by atoms with E-state index in [1.807, 2.05) is 26.0 Å². The van der Waals surface area contributed by atoms with E-state index in [4.69, 9.17) is 0 Å². The second kappa shape index (κ2) is 8.38. The van der Waals surface area contributed by atoms with Crippen LogP contribution < -0.4 is 10.9 Å². The van der Waals surface area contributed by atoms with Crippen LogP contribution in [0.2, 0.25) is 0 Å². The van der Waals surface area contributed by atoms with Crippen molar-refractivity contribution in [1.29, 1.82) is 0 Å². The zero-order valence-corrected chi connectivity index (χ0v) is 16.9. The molecule has 1 atom stereocenters. The molecule has 3 rings (SSSR count). The summed E-state index contributed by atoms with van der Waals surface area (Å²) in [7, 11) is 0. The van der Waals surface area contributed by atoms with Crippen LogP contribution in [0.15, 0.2) is 53.6 Å². The fraction of sp³-hybridized carbons (Fsp3) is 0.348. The molecule has 0 radical (unpaired) electrons. The fourth-order valence-corrected chi connectivity index (χ4v) is 3.39. The predicted molar refractivity (Wildman–Crippen MR) is 112 cm³/mol. The number of hydrogen-bond donors (Lipinski definition) is 1. The number of carbonyl (C=O) groups excluding carboxylic acids is 1. The summed E-state index contributed by atoms with van der Waals surface area (Å²) in [4.78, 5) is 29.5. The van der Waals surface area contributed by atoms with Gasteiger partial charge < -0.3 is 5.32 Å². The lowest BCUT2D eigenvalue weighted by Gasteiger charge is -2.16. The molecule has 0 saturated heterocycles. The Hall–Kier alpha value is -2.95. The minimum atomic E-state index is -0.213. The molecule has 1 amide bonds. The largest absolute Gasteiger partial charge is 0.348 e. The number of rotatable bonds is 6. The summed E-state index contributed by atoms with van der Waals surface area (Å²) in [5.74, 6) is 0.398. The van der Waals surface area contributed by atoms with Crippen molar-refractivity contribution in [3.63, 3.8) is 0 Å². The Morgan fingerprint density at radius 1 is 1.11 bits per heavy atom. The average molecular weight is 377 g/mol. The molecule has 28 heavy (non-hydrogen) atoms. The third-order valence-corrected chi connectivity index (χ3v) is 4.87. The van der Waals surface area contributed by atoms with Crippen molar-refractivity contribution >= 4 is 16.8 Å². The molecule has 0 spiro atoms. The Morgan fingerprint density at radius 2 is 1.82 bits per heavy atom. The molecule has 5 heteroatoms. The lowest BCUT2D eigenvalue weighted by atomic mass is 10.00. The van der Waals surface area contributed by atoms with Gasteiger partial charge in [-0.1, -0.05) is 50.2 Å². The van der Waals surface area contributed by atoms with Crippen molar-refractivity contribution in [2.24, 2.45) is 5.92 Å². The molecule has 5 nitrogen and oxygen atoms in total. The van der Waals surface area contributed by atoms with Crippen molar-refractivity contribution in [3.8, 4) is 0 Å². The molecule has 2 aromatic carbocycles. The van der Waals surface area contributed by atoms with Crippen LogP contribution in [0.4, 0.5) is 0 Å². The highest BCUT2D eigenvalue weighted by Gasteiger charge is 2.13. The number of aryl methyl sites for hydroxylation is 1. The Labute approximate surface area is 165 Å². The molecule has 0 aliphatic rings. The summed E-state index contributed by atoms with van der Waals surface area (Å²) in [6.45, 7) is 8.20. The SMILES string of the molecule is Cc1cccc2c(=O)n(CC(=O)NC(C)c3ccc(CC(C)C)cc3)cnc12. The first-order chi connectivity index (χ1) is 13.3. The molecule has 3 aromatic rings. The van der Waals surface area contributed by atoms with E-state index in [-0.39, 0.29) is 24.1 Å². The van der Waals surface area contributed by atoms with Crippen molar-refractivity contribution in [2.75, 3.05) is 0 Å². The molecule has 1 N–H and O–H groups in total. The first-order valence-corrected chi connectivity index (χ1v) is 9.68. The maximum atomic E-state index is 12.6. The number of amides is 1. The standard InChI is InChI=1S/C23H27N3O2/c1-15(2)12-18-8-10-19(11-9-18)17(4)25-21(27)13-26-14-24-22-16(3)6-5-7-20(22)23(26)28/h5-11,14-15,17H,12-13H2,1-4H3,(H,25,27). The second-order valence-electron chi connectivity index (χ2n) is 7.78. The van der Waals surface area contributed by atoms with E-state index in [9.17, 15) is 9.59 Å². The van der Waals surface area contributed by atoms with Crippen LogP contribution in [-0.2, 0) is 17.8 Å². The molecular formula is C23H27N3O2. The maximum Gasteiger partial charge on any atom is 0.261 e. The molecule has 0 saturated carbocycles. The van der Waals surface area contributed by atoms with E-state index in [2.05, 4.69) is 48.4 Å². The van der Waals surface area contributed by atoms with Gasteiger partial charge in [-0.25, -0.2) is 4.98 Å². The molecule has 1 heterocycles. The summed E-state index contributed by atoms with van der Waals surface area (Å²) >= 11 is 0. The average Bonchev–Trinajstić information content (AvgIpc) is 2.64. The van der Waals surface area contributed by atoms with Crippen LogP contribution in [0, 0.1) is 12.8 Å². The smallest absolute Gasteiger partial charge is 0.261 e. The third kappa shape index (κ3) is 4.47. The molecule has 0 aliphatic carbocycles. The van der Waals surface area contributed by atoms with Gasteiger partial charge in [-0.3, -0.25) is 14.2 Å². The minimum Gasteiger partial charge on any atom is -0.348 e. The molecular weight excluding hydrogens is 350 g/mol. The zero-order valence-electron chi connectivity index (χ0n) is 16.9. The Balaban J connectivity index is 1.69. The number of para-hydroxylation sites is 1. The molecule has 1 aromatic heterocycles. The number of aromatic nitrogens is 2. The summed E-state index contributed by atoms with van der Waals surface area (Å²) in [6.07, 6.45) is 2.49. The number of benzene rings is 2. The first kappa shape index (κ1) is 19.8. The lowest BCUT2D eigenvalue weighted by molar-refractivity contribution is -0.122. The summed E-state index contributed by atoms with van der Waals surface area (Å²) in [5.41, 5.74) is 3.76. The summed E-state index contributed by atoms with van der Waals surface area (Å²) in [6, 6.07) is 13.7. The number of fused-ring (bicyclic) bond motifs is 1. The third-order valence-electron chi connectivity index (χ3n) is 4.87. The van der Waals surface area contributed by atoms with Gasteiger partial charge in [0, 0.05) is 0 Å². The fourth-order valence-electron chi connectivity index (χ4n) is 3.39. The van der Waals surface area contributed by atoms with Crippen LogP contribution >= 0.6 is 0 Å². The topological polar surface area (TPSA) is 64.0 Å². The highest BCUT2D eigenvalue weighted by Crippen LogP contribution is 2.16. The van der Waals surface area contributed by atoms with Gasteiger partial charge in [0.1, 0.15) is 6.54 Å². The van der Waals surface area contributed by atoms with Crippen molar-refractivity contribution in [1.82, 2.24) is 14.9 Å². The Kier molecular flexibility index (Phi) is 5.93. The molecule has 146 valence electrons. The van der Waals surface area contributed by atoms with Gasteiger partial charge in [-0.15, -0.1) is 0 Å². The van der Waals surface area contributed by atoms with E-state index in [0.717, 1.165) is 17.5 Å². The van der Waals surface area contributed by atoms with Crippen LogP contribution in [-0.4, -0.2) is 15.5 Å². The lowest BCUT2D eigenvalue weighted by Crippen LogP contribution is -2.34. The predicted octanol–water partition coefficient (Wildman–Crippen LogP) is 3.78. The quantitative estimate of drug-likeness (QED) is 0.711. The normalized spacial score (nSPS) is 12.3. The van der Waals surface area contributed by atoms with Crippen LogP contribution in [0.3, 0.4) is 0 Å². The highest BCUT2D eigenvalue weighted by atomic mass is 16.2. The highest BCUT2D eigenvalue weighted by molar-refractivity contribution is 5.81. The number of nitrogens with one attached hydrogen (secondary N) is 1. The van der Waals surface area contributed by atoms with Gasteiger partial charge in [-0.05, 0) is 48.9 Å². The van der Waals surface area contributed by atoms with Gasteiger partial charge in [0.25, 0.3) is 5.56 Å². The van der Waals surface area contributed by atoms with Gasteiger partial charge in [0.05, 0.1) is 23.3 Å². The monoisotopic (exact) mass is 377 g/mol. The van der Waals surface area contributed by atoms with Crippen LogP contribution in [0.1, 0.15) is 43.5 Å². The van der Waals surface area contributed by atoms with Crippen molar-refractivity contribution in [2.45, 2.75) is 46.7 Å². The Morgan fingerprint density at radius 3 is 2.50 bits per heavy atom. The molecule has 0 fully saturated rings. The molecule has 0 bridgehead atoms. The maximum absolute atomic E-state index is 12.6. The van der Waals surface area contributed by atoms with Crippen molar-refractivity contribution in [3.05, 3.63) is 75.8 Å².